The lowest BCUT2D eigenvalue weighted by Crippen LogP contribution is -2.40. The van der Waals surface area contributed by atoms with Crippen LogP contribution in [0.5, 0.6) is 5.75 Å². The maximum atomic E-state index is 13.2. The summed E-state index contributed by atoms with van der Waals surface area (Å²) in [5.74, 6) is -0.537. The highest BCUT2D eigenvalue weighted by molar-refractivity contribution is 6.41. The molecule has 0 fully saturated rings. The number of ether oxygens (including phenoxy) is 1. The van der Waals surface area contributed by atoms with Crippen molar-refractivity contribution in [1.29, 1.82) is 0 Å². The van der Waals surface area contributed by atoms with Crippen molar-refractivity contribution >= 4 is 17.3 Å². The van der Waals surface area contributed by atoms with E-state index in [-0.39, 0.29) is 34.1 Å². The van der Waals surface area contributed by atoms with Crippen molar-refractivity contribution in [2.45, 2.75) is 19.3 Å². The van der Waals surface area contributed by atoms with Gasteiger partial charge in [0.2, 0.25) is 0 Å². The van der Waals surface area contributed by atoms with Gasteiger partial charge in [-0.25, -0.2) is 0 Å². The van der Waals surface area contributed by atoms with Crippen molar-refractivity contribution in [3.63, 3.8) is 0 Å². The summed E-state index contributed by atoms with van der Waals surface area (Å²) in [6.45, 7) is 3.76. The Labute approximate surface area is 145 Å². The van der Waals surface area contributed by atoms with Gasteiger partial charge in [0.15, 0.2) is 17.3 Å². The molecule has 4 rings (SSSR count). The van der Waals surface area contributed by atoms with Crippen molar-refractivity contribution < 1.29 is 19.1 Å². The zero-order chi connectivity index (χ0) is 17.9. The van der Waals surface area contributed by atoms with Crippen LogP contribution < -0.4 is 4.74 Å². The fraction of sp³-hybridized carbons (Fsp3) is 0.190. The van der Waals surface area contributed by atoms with Gasteiger partial charge in [-0.15, -0.1) is 0 Å². The maximum absolute atomic E-state index is 13.2. The van der Waals surface area contributed by atoms with Gasteiger partial charge in [0.05, 0.1) is 12.7 Å². The molecule has 0 saturated carbocycles. The van der Waals surface area contributed by atoms with Gasteiger partial charge in [0.1, 0.15) is 5.75 Å². The number of Topliss-reactive ketones (excluding diaryl/α,β-unsaturated/α-hetero) is 3. The third-order valence-electron chi connectivity index (χ3n) is 5.12. The molecule has 0 spiro atoms. The minimum atomic E-state index is -0.729. The van der Waals surface area contributed by atoms with Crippen LogP contribution in [0.25, 0.3) is 0 Å². The Morgan fingerprint density at radius 2 is 1.48 bits per heavy atom. The molecule has 0 amide bonds. The molecule has 2 aromatic carbocycles. The number of hydrogen-bond acceptors (Lipinski definition) is 4. The number of benzene rings is 2. The normalized spacial score (nSPS) is 17.8. The quantitative estimate of drug-likeness (QED) is 0.749. The third kappa shape index (κ3) is 1.91. The zero-order valence-electron chi connectivity index (χ0n) is 14.2. The Bertz CT molecular complexity index is 1010. The van der Waals surface area contributed by atoms with E-state index in [1.54, 1.807) is 30.3 Å². The predicted molar refractivity (Wildman–Crippen MR) is 92.5 cm³/mol. The fourth-order valence-corrected chi connectivity index (χ4v) is 3.84. The molecule has 0 N–H and O–H groups in total. The van der Waals surface area contributed by atoms with Crippen LogP contribution in [0.3, 0.4) is 0 Å². The molecule has 124 valence electrons. The van der Waals surface area contributed by atoms with E-state index in [1.165, 1.54) is 7.11 Å². The Morgan fingerprint density at radius 3 is 2.20 bits per heavy atom. The van der Waals surface area contributed by atoms with E-state index in [0.717, 1.165) is 5.56 Å². The van der Waals surface area contributed by atoms with Gasteiger partial charge < -0.3 is 4.74 Å². The molecular formula is C21H16O4. The molecule has 0 saturated heterocycles. The average Bonchev–Trinajstić information content (AvgIpc) is 2.62. The van der Waals surface area contributed by atoms with Gasteiger partial charge >= 0.3 is 0 Å². The number of rotatable bonds is 1. The number of fused-ring (bicyclic) bond motifs is 2. The van der Waals surface area contributed by atoms with Crippen LogP contribution in [0.2, 0.25) is 0 Å². The van der Waals surface area contributed by atoms with Gasteiger partial charge in [-0.05, 0) is 23.8 Å². The first kappa shape index (κ1) is 15.5. The van der Waals surface area contributed by atoms with Gasteiger partial charge in [-0.1, -0.05) is 38.1 Å². The lowest BCUT2D eigenvalue weighted by atomic mass is 9.63. The number of ketones is 3. The highest BCUT2D eigenvalue weighted by Gasteiger charge is 2.47. The van der Waals surface area contributed by atoms with Crippen LogP contribution in [-0.4, -0.2) is 24.5 Å². The summed E-state index contributed by atoms with van der Waals surface area (Å²) in [5, 5.41) is 0. The first-order valence-electron chi connectivity index (χ1n) is 8.04. The van der Waals surface area contributed by atoms with Crippen molar-refractivity contribution in [3.05, 3.63) is 75.9 Å². The SMILES string of the molecule is COc1ccc2c(c1)C(=O)C1=C(C2=O)C(=O)c2ccccc2C1(C)C. The predicted octanol–water partition coefficient (Wildman–Crippen LogP) is 3.54. The van der Waals surface area contributed by atoms with Crippen LogP contribution in [0.1, 0.15) is 50.5 Å². The fourth-order valence-electron chi connectivity index (χ4n) is 3.84. The van der Waals surface area contributed by atoms with Gasteiger partial charge in [0.25, 0.3) is 0 Å². The second-order valence-corrected chi connectivity index (χ2v) is 6.82. The topological polar surface area (TPSA) is 60.4 Å². The summed E-state index contributed by atoms with van der Waals surface area (Å²) < 4.78 is 5.18. The molecule has 4 heteroatoms. The van der Waals surface area contributed by atoms with Crippen LogP contribution in [0.4, 0.5) is 0 Å². The van der Waals surface area contributed by atoms with E-state index in [9.17, 15) is 14.4 Å². The minimum Gasteiger partial charge on any atom is -0.497 e. The number of allylic oxidation sites excluding steroid dienone is 2. The molecule has 25 heavy (non-hydrogen) atoms. The molecule has 2 aliphatic carbocycles. The highest BCUT2D eigenvalue weighted by atomic mass is 16.5. The van der Waals surface area contributed by atoms with E-state index in [4.69, 9.17) is 4.74 Å². The summed E-state index contributed by atoms with van der Waals surface area (Å²) >= 11 is 0. The molecule has 0 unspecified atom stereocenters. The Balaban J connectivity index is 2.03. The highest BCUT2D eigenvalue weighted by Crippen LogP contribution is 2.45. The largest absolute Gasteiger partial charge is 0.497 e. The van der Waals surface area contributed by atoms with Crippen molar-refractivity contribution in [2.24, 2.45) is 0 Å². The molecule has 2 aliphatic rings. The van der Waals surface area contributed by atoms with Crippen LogP contribution in [-0.2, 0) is 5.41 Å². The van der Waals surface area contributed by atoms with E-state index >= 15 is 0 Å². The summed E-state index contributed by atoms with van der Waals surface area (Å²) in [5.41, 5.74) is 1.37. The third-order valence-corrected chi connectivity index (χ3v) is 5.12. The molecule has 0 heterocycles. The molecule has 0 aromatic heterocycles. The van der Waals surface area contributed by atoms with E-state index in [1.807, 2.05) is 26.0 Å². The molecule has 0 bridgehead atoms. The first-order chi connectivity index (χ1) is 11.9. The van der Waals surface area contributed by atoms with Gasteiger partial charge in [0, 0.05) is 27.7 Å². The maximum Gasteiger partial charge on any atom is 0.198 e. The Kier molecular flexibility index (Phi) is 3.10. The standard InChI is InChI=1S/C21H16O4/c1-21(2)15-7-5-4-6-13(15)19(23)16-17(21)20(24)14-10-11(25-3)8-9-12(14)18(16)22/h4-10H,1-3H3. The second kappa shape index (κ2) is 4.99. The van der Waals surface area contributed by atoms with Crippen molar-refractivity contribution in [2.75, 3.05) is 7.11 Å². The van der Waals surface area contributed by atoms with Crippen LogP contribution in [0, 0.1) is 0 Å². The summed E-state index contributed by atoms with van der Waals surface area (Å²) in [6.07, 6.45) is 0. The molecule has 0 radical (unpaired) electrons. The van der Waals surface area contributed by atoms with Crippen LogP contribution >= 0.6 is 0 Å². The second-order valence-electron chi connectivity index (χ2n) is 6.82. The number of hydrogen-bond donors (Lipinski definition) is 0. The van der Waals surface area contributed by atoms with E-state index in [2.05, 4.69) is 0 Å². The number of carbonyl (C=O) groups is 3. The number of methoxy groups -OCH3 is 1. The summed E-state index contributed by atoms with van der Waals surface area (Å²) in [6, 6.07) is 11.9. The van der Waals surface area contributed by atoms with Crippen LogP contribution in [0.15, 0.2) is 53.6 Å². The first-order valence-corrected chi connectivity index (χ1v) is 8.04. The minimum absolute atomic E-state index is 0.00590. The molecule has 2 aromatic rings. The summed E-state index contributed by atoms with van der Waals surface area (Å²) in [7, 11) is 1.51. The Hall–Kier alpha value is -3.01. The van der Waals surface area contributed by atoms with Gasteiger partial charge in [-0.3, -0.25) is 14.4 Å². The van der Waals surface area contributed by atoms with E-state index in [0.29, 0.717) is 16.9 Å². The van der Waals surface area contributed by atoms with Crippen molar-refractivity contribution in [3.8, 4) is 5.75 Å². The zero-order valence-corrected chi connectivity index (χ0v) is 14.2. The smallest absolute Gasteiger partial charge is 0.198 e. The van der Waals surface area contributed by atoms with Gasteiger partial charge in [-0.2, -0.15) is 0 Å². The molecular weight excluding hydrogens is 316 g/mol. The average molecular weight is 332 g/mol. The Morgan fingerprint density at radius 1 is 0.800 bits per heavy atom. The monoisotopic (exact) mass is 332 g/mol. The molecule has 4 nitrogen and oxygen atoms in total. The molecule has 0 atom stereocenters. The lowest BCUT2D eigenvalue weighted by Gasteiger charge is -2.37. The summed E-state index contributed by atoms with van der Waals surface area (Å²) in [4.78, 5) is 39.2. The van der Waals surface area contributed by atoms with Crippen molar-refractivity contribution in [1.82, 2.24) is 0 Å². The number of carbonyl (C=O) groups excluding carboxylic acids is 3. The lowest BCUT2D eigenvalue weighted by molar-refractivity contribution is 0.0910. The molecule has 0 aliphatic heterocycles. The van der Waals surface area contributed by atoms with E-state index < -0.39 is 5.41 Å².